The summed E-state index contributed by atoms with van der Waals surface area (Å²) in [6, 6.07) is 6.01. The summed E-state index contributed by atoms with van der Waals surface area (Å²) in [5.41, 5.74) is 3.15. The van der Waals surface area contributed by atoms with E-state index in [1.54, 1.807) is 0 Å². The summed E-state index contributed by atoms with van der Waals surface area (Å²) in [5, 5.41) is 9.66. The first-order valence-electron chi connectivity index (χ1n) is 7.07. The second-order valence-corrected chi connectivity index (χ2v) is 6.21. The molecule has 5 nitrogen and oxygen atoms in total. The molecule has 2 aromatic rings. The Labute approximate surface area is 127 Å². The van der Waals surface area contributed by atoms with Crippen LogP contribution >= 0.6 is 11.8 Å². The van der Waals surface area contributed by atoms with Crippen molar-refractivity contribution in [2.75, 3.05) is 12.4 Å². The summed E-state index contributed by atoms with van der Waals surface area (Å²) < 4.78 is 7.84. The molecule has 0 spiro atoms. The van der Waals surface area contributed by atoms with E-state index in [9.17, 15) is 4.79 Å². The highest BCUT2D eigenvalue weighted by molar-refractivity contribution is 7.99. The molecule has 0 amide bonds. The molecule has 0 aliphatic carbocycles. The molecule has 21 heavy (non-hydrogen) atoms. The van der Waals surface area contributed by atoms with Crippen molar-refractivity contribution >= 4 is 28.8 Å². The number of carboxylic acid groups (broad SMARTS) is 1. The van der Waals surface area contributed by atoms with Gasteiger partial charge in [0.25, 0.3) is 0 Å². The molecule has 1 unspecified atom stereocenters. The fourth-order valence-electron chi connectivity index (χ4n) is 2.74. The molecule has 1 N–H and O–H groups in total. The Morgan fingerprint density at radius 2 is 2.43 bits per heavy atom. The van der Waals surface area contributed by atoms with Gasteiger partial charge in [-0.15, -0.1) is 0 Å². The maximum absolute atomic E-state index is 10.8. The van der Waals surface area contributed by atoms with E-state index in [2.05, 4.69) is 22.5 Å². The predicted molar refractivity (Wildman–Crippen MR) is 81.8 cm³/mol. The minimum atomic E-state index is -0.826. The summed E-state index contributed by atoms with van der Waals surface area (Å²) in [5.74, 6) is -0.805. The summed E-state index contributed by atoms with van der Waals surface area (Å²) in [4.78, 5) is 15.4. The first kappa shape index (κ1) is 14.4. The van der Waals surface area contributed by atoms with Gasteiger partial charge in [0, 0.05) is 6.61 Å². The van der Waals surface area contributed by atoms with Crippen LogP contribution in [0.4, 0.5) is 0 Å². The minimum Gasteiger partial charge on any atom is -0.481 e. The normalized spacial score (nSPS) is 18.4. The minimum absolute atomic E-state index is 0.0217. The van der Waals surface area contributed by atoms with Gasteiger partial charge in [0.15, 0.2) is 5.16 Å². The van der Waals surface area contributed by atoms with Gasteiger partial charge in [-0.2, -0.15) is 0 Å². The third-order valence-electron chi connectivity index (χ3n) is 3.67. The zero-order chi connectivity index (χ0) is 14.8. The van der Waals surface area contributed by atoms with Gasteiger partial charge in [0.05, 0.1) is 29.4 Å². The van der Waals surface area contributed by atoms with Crippen LogP contribution in [0.25, 0.3) is 11.0 Å². The molecule has 6 heteroatoms. The first-order valence-corrected chi connectivity index (χ1v) is 8.06. The number of carboxylic acids is 1. The smallest absolute Gasteiger partial charge is 0.313 e. The number of hydrogen-bond acceptors (Lipinski definition) is 4. The number of benzene rings is 1. The Bertz CT molecular complexity index is 662. The lowest BCUT2D eigenvalue weighted by molar-refractivity contribution is -0.133. The van der Waals surface area contributed by atoms with Gasteiger partial charge < -0.3 is 14.4 Å². The fraction of sp³-hybridized carbons (Fsp3) is 0.467. The van der Waals surface area contributed by atoms with E-state index in [1.807, 2.05) is 12.1 Å². The van der Waals surface area contributed by atoms with E-state index in [4.69, 9.17) is 9.84 Å². The van der Waals surface area contributed by atoms with Gasteiger partial charge in [-0.3, -0.25) is 4.79 Å². The Morgan fingerprint density at radius 1 is 1.57 bits per heavy atom. The molecular weight excluding hydrogens is 288 g/mol. The van der Waals surface area contributed by atoms with Gasteiger partial charge in [-0.25, -0.2) is 4.98 Å². The highest BCUT2D eigenvalue weighted by Gasteiger charge is 2.21. The van der Waals surface area contributed by atoms with Crippen molar-refractivity contribution in [3.05, 3.63) is 23.8 Å². The Morgan fingerprint density at radius 3 is 3.14 bits per heavy atom. The Kier molecular flexibility index (Phi) is 4.17. The summed E-state index contributed by atoms with van der Waals surface area (Å²) >= 11 is 1.27. The Balaban J connectivity index is 1.98. The summed E-state index contributed by atoms with van der Waals surface area (Å²) in [7, 11) is 0. The molecule has 112 valence electrons. The molecule has 2 heterocycles. The highest BCUT2D eigenvalue weighted by atomic mass is 32.2. The second-order valence-electron chi connectivity index (χ2n) is 5.27. The first-order chi connectivity index (χ1) is 10.1. The number of aliphatic carboxylic acids is 1. The molecule has 1 saturated heterocycles. The molecule has 3 rings (SSSR count). The molecule has 0 saturated carbocycles. The number of rotatable bonds is 5. The average Bonchev–Trinajstić information content (AvgIpc) is 3.06. The van der Waals surface area contributed by atoms with Crippen LogP contribution < -0.4 is 0 Å². The maximum atomic E-state index is 10.8. The van der Waals surface area contributed by atoms with E-state index in [0.29, 0.717) is 0 Å². The van der Waals surface area contributed by atoms with Gasteiger partial charge in [-0.05, 0) is 31.4 Å². The quantitative estimate of drug-likeness (QED) is 0.860. The number of aryl methyl sites for hydroxylation is 1. The lowest BCUT2D eigenvalue weighted by atomic mass is 10.2. The zero-order valence-corrected chi connectivity index (χ0v) is 12.7. The molecule has 1 aromatic carbocycles. The molecule has 1 aliphatic rings. The lowest BCUT2D eigenvalue weighted by Crippen LogP contribution is -2.16. The number of hydrogen-bond donors (Lipinski definition) is 1. The van der Waals surface area contributed by atoms with Crippen LogP contribution in [0.1, 0.15) is 18.4 Å². The molecule has 1 aliphatic heterocycles. The largest absolute Gasteiger partial charge is 0.481 e. The lowest BCUT2D eigenvalue weighted by Gasteiger charge is -2.14. The highest BCUT2D eigenvalue weighted by Crippen LogP contribution is 2.28. The number of imidazole rings is 1. The van der Waals surface area contributed by atoms with Crippen molar-refractivity contribution in [1.29, 1.82) is 0 Å². The van der Waals surface area contributed by atoms with E-state index in [1.165, 1.54) is 11.8 Å². The maximum Gasteiger partial charge on any atom is 0.313 e. The number of ether oxygens (including phenoxy) is 1. The zero-order valence-electron chi connectivity index (χ0n) is 11.9. The average molecular weight is 306 g/mol. The van der Waals surface area contributed by atoms with E-state index in [0.717, 1.165) is 47.7 Å². The molecule has 1 fully saturated rings. The molecular formula is C15H18N2O3S. The van der Waals surface area contributed by atoms with Crippen LogP contribution in [0.5, 0.6) is 0 Å². The number of aromatic nitrogens is 2. The molecule has 0 radical (unpaired) electrons. The number of thioether (sulfide) groups is 1. The van der Waals surface area contributed by atoms with Gasteiger partial charge >= 0.3 is 5.97 Å². The number of para-hydroxylation sites is 1. The van der Waals surface area contributed by atoms with Gasteiger partial charge in [0.1, 0.15) is 0 Å². The van der Waals surface area contributed by atoms with Crippen molar-refractivity contribution in [1.82, 2.24) is 9.55 Å². The van der Waals surface area contributed by atoms with Crippen LogP contribution in [0.15, 0.2) is 23.4 Å². The topological polar surface area (TPSA) is 64.3 Å². The van der Waals surface area contributed by atoms with Crippen molar-refractivity contribution in [3.8, 4) is 0 Å². The van der Waals surface area contributed by atoms with Crippen molar-refractivity contribution in [2.45, 2.75) is 37.6 Å². The standard InChI is InChI=1S/C15H18N2O3S/c1-10-4-2-6-12-14(10)17(8-11-5-3-7-20-11)15(16-12)21-9-13(18)19/h2,4,6,11H,3,5,7-9H2,1H3,(H,18,19). The van der Waals surface area contributed by atoms with Crippen LogP contribution in [-0.4, -0.2) is 39.1 Å². The van der Waals surface area contributed by atoms with Crippen molar-refractivity contribution in [2.24, 2.45) is 0 Å². The SMILES string of the molecule is Cc1cccc2nc(SCC(=O)O)n(CC3CCCO3)c12. The van der Waals surface area contributed by atoms with Crippen LogP contribution in [-0.2, 0) is 16.1 Å². The van der Waals surface area contributed by atoms with Crippen molar-refractivity contribution in [3.63, 3.8) is 0 Å². The Hall–Kier alpha value is -1.53. The van der Waals surface area contributed by atoms with E-state index >= 15 is 0 Å². The molecule has 1 atom stereocenters. The second kappa shape index (κ2) is 6.07. The number of nitrogens with zero attached hydrogens (tertiary/aromatic N) is 2. The van der Waals surface area contributed by atoms with Gasteiger partial charge in [0.2, 0.25) is 0 Å². The third-order valence-corrected chi connectivity index (χ3v) is 4.63. The summed E-state index contributed by atoms with van der Waals surface area (Å²) in [6.07, 6.45) is 2.34. The predicted octanol–water partition coefficient (Wildman–Crippen LogP) is 2.70. The third kappa shape index (κ3) is 3.06. The number of carbonyl (C=O) groups is 1. The van der Waals surface area contributed by atoms with Crippen LogP contribution in [0.2, 0.25) is 0 Å². The van der Waals surface area contributed by atoms with Crippen molar-refractivity contribution < 1.29 is 14.6 Å². The van der Waals surface area contributed by atoms with E-state index in [-0.39, 0.29) is 11.9 Å². The monoisotopic (exact) mass is 306 g/mol. The molecule has 0 bridgehead atoms. The summed E-state index contributed by atoms with van der Waals surface area (Å²) in [6.45, 7) is 3.61. The number of fused-ring (bicyclic) bond motifs is 1. The molecule has 1 aromatic heterocycles. The fourth-order valence-corrected chi connectivity index (χ4v) is 3.48. The van der Waals surface area contributed by atoms with Gasteiger partial charge in [-0.1, -0.05) is 23.9 Å². The van der Waals surface area contributed by atoms with Crippen LogP contribution in [0.3, 0.4) is 0 Å². The van der Waals surface area contributed by atoms with E-state index < -0.39 is 5.97 Å². The van der Waals surface area contributed by atoms with Crippen LogP contribution in [0, 0.1) is 6.92 Å².